The molecule has 0 saturated carbocycles. The second kappa shape index (κ2) is 18.6. The van der Waals surface area contributed by atoms with Gasteiger partial charge in [0.05, 0.1) is 0 Å². The number of alkyl halides is 2. The summed E-state index contributed by atoms with van der Waals surface area (Å²) in [4.78, 5) is 0. The van der Waals surface area contributed by atoms with Gasteiger partial charge in [0, 0.05) is 0 Å². The highest BCUT2D eigenvalue weighted by atomic mass is 19.3. The van der Waals surface area contributed by atoms with Crippen molar-refractivity contribution in [2.45, 2.75) is 123 Å². The lowest BCUT2D eigenvalue weighted by Crippen LogP contribution is -2.25. The van der Waals surface area contributed by atoms with Crippen molar-refractivity contribution in [1.82, 2.24) is 0 Å². The van der Waals surface area contributed by atoms with Crippen molar-refractivity contribution in [2.75, 3.05) is 0 Å². The zero-order valence-electron chi connectivity index (χ0n) is 25.9. The van der Waals surface area contributed by atoms with Crippen molar-refractivity contribution in [3.05, 3.63) is 89.0 Å². The van der Waals surface area contributed by atoms with Gasteiger partial charge in [-0.05, 0) is 73.2 Å². The first-order valence-corrected chi connectivity index (χ1v) is 16.2. The van der Waals surface area contributed by atoms with Crippen molar-refractivity contribution >= 4 is 0 Å². The van der Waals surface area contributed by atoms with Crippen LogP contribution in [0.25, 0.3) is 0 Å². The zero-order chi connectivity index (χ0) is 30.9. The molecule has 43 heavy (non-hydrogen) atoms. The number of aryl methyl sites for hydroxylation is 2. The van der Waals surface area contributed by atoms with E-state index in [9.17, 15) is 4.39 Å². The molecule has 0 aromatic heterocycles. The second-order valence-corrected chi connectivity index (χ2v) is 11.5. The minimum atomic E-state index is -4.24. The quantitative estimate of drug-likeness (QED) is 0.0894. The van der Waals surface area contributed by atoms with Crippen LogP contribution in [0.4, 0.5) is 17.6 Å². The molecule has 3 aromatic carbocycles. The van der Waals surface area contributed by atoms with Gasteiger partial charge in [0.1, 0.15) is 22.9 Å². The maximum atomic E-state index is 15.2. The largest absolute Gasteiger partial charge is 0.454 e. The predicted octanol–water partition coefficient (Wildman–Crippen LogP) is 12.5. The molecule has 0 heterocycles. The van der Waals surface area contributed by atoms with E-state index in [4.69, 9.17) is 9.47 Å². The van der Waals surface area contributed by atoms with Gasteiger partial charge in [-0.3, -0.25) is 0 Å². The van der Waals surface area contributed by atoms with Crippen molar-refractivity contribution in [3.63, 3.8) is 0 Å². The number of hydrogen-bond donors (Lipinski definition) is 0. The first kappa shape index (κ1) is 34.5. The van der Waals surface area contributed by atoms with Crippen LogP contribution < -0.4 is 9.47 Å². The molecule has 0 fully saturated rings. The third-order valence-electron chi connectivity index (χ3n) is 7.81. The van der Waals surface area contributed by atoms with E-state index in [1.807, 2.05) is 12.1 Å². The Morgan fingerprint density at radius 1 is 0.535 bits per heavy atom. The lowest BCUT2D eigenvalue weighted by atomic mass is 10.0. The molecule has 3 rings (SSSR count). The highest BCUT2D eigenvalue weighted by Crippen LogP contribution is 2.39. The summed E-state index contributed by atoms with van der Waals surface area (Å²) in [5, 5.41) is 0. The Bertz CT molecular complexity index is 1190. The fourth-order valence-corrected chi connectivity index (χ4v) is 5.23. The van der Waals surface area contributed by atoms with Gasteiger partial charge in [-0.15, -0.1) is 0 Å². The van der Waals surface area contributed by atoms with Crippen LogP contribution in [0.5, 0.6) is 17.2 Å². The summed E-state index contributed by atoms with van der Waals surface area (Å²) >= 11 is 0. The molecule has 0 radical (unpaired) electrons. The molecule has 6 heteroatoms. The van der Waals surface area contributed by atoms with Gasteiger partial charge in [-0.1, -0.05) is 115 Å². The summed E-state index contributed by atoms with van der Waals surface area (Å²) in [6, 6.07) is 15.1. The zero-order valence-corrected chi connectivity index (χ0v) is 25.9. The molecule has 236 valence electrons. The molecular weight excluding hydrogens is 552 g/mol. The van der Waals surface area contributed by atoms with E-state index in [0.29, 0.717) is 0 Å². The molecule has 0 N–H and O–H groups in total. The number of halogens is 4. The molecule has 0 amide bonds. The molecular formula is C37H48F4O2. The third-order valence-corrected chi connectivity index (χ3v) is 7.81. The van der Waals surface area contributed by atoms with Crippen LogP contribution in [-0.4, -0.2) is 0 Å². The number of benzene rings is 3. The Morgan fingerprint density at radius 2 is 0.977 bits per heavy atom. The number of ether oxygens (including phenoxy) is 2. The molecule has 0 bridgehead atoms. The van der Waals surface area contributed by atoms with Crippen LogP contribution in [0, 0.1) is 11.6 Å². The SMILES string of the molecule is CCCCCCCCCc1ccc(Oc2ccc(F)c(C(F)(F)Oc3ccc(CCCCCCCCC)cc3)c2F)cc1. The van der Waals surface area contributed by atoms with Crippen molar-refractivity contribution in [3.8, 4) is 17.2 Å². The van der Waals surface area contributed by atoms with Gasteiger partial charge in [-0.25, -0.2) is 8.78 Å². The number of hydrogen-bond acceptors (Lipinski definition) is 2. The van der Waals surface area contributed by atoms with Crippen LogP contribution >= 0.6 is 0 Å². The normalized spacial score (nSPS) is 11.6. The smallest absolute Gasteiger partial charge is 0.432 e. The van der Waals surface area contributed by atoms with Crippen LogP contribution in [-0.2, 0) is 19.0 Å². The van der Waals surface area contributed by atoms with Gasteiger partial charge in [-0.2, -0.15) is 8.78 Å². The maximum Gasteiger partial charge on any atom is 0.432 e. The molecule has 3 aromatic rings. The van der Waals surface area contributed by atoms with Gasteiger partial charge in [0.15, 0.2) is 11.6 Å². The van der Waals surface area contributed by atoms with Gasteiger partial charge in [0.2, 0.25) is 0 Å². The Morgan fingerprint density at radius 3 is 1.47 bits per heavy atom. The fourth-order valence-electron chi connectivity index (χ4n) is 5.23. The van der Waals surface area contributed by atoms with Crippen molar-refractivity contribution in [2.24, 2.45) is 0 Å². The van der Waals surface area contributed by atoms with Gasteiger partial charge in [0.25, 0.3) is 0 Å². The third kappa shape index (κ3) is 11.9. The Labute approximate surface area is 255 Å². The molecule has 0 spiro atoms. The molecule has 0 atom stereocenters. The monoisotopic (exact) mass is 600 g/mol. The van der Waals surface area contributed by atoms with E-state index < -0.39 is 29.1 Å². The highest BCUT2D eigenvalue weighted by Gasteiger charge is 2.42. The molecule has 0 aliphatic heterocycles. The summed E-state index contributed by atoms with van der Waals surface area (Å²) in [5.74, 6) is -3.29. The first-order valence-electron chi connectivity index (χ1n) is 16.2. The first-order chi connectivity index (χ1) is 20.8. The minimum absolute atomic E-state index is 0.171. The lowest BCUT2D eigenvalue weighted by molar-refractivity contribution is -0.189. The Kier molecular flexibility index (Phi) is 14.9. The summed E-state index contributed by atoms with van der Waals surface area (Å²) in [5.41, 5.74) is 0.646. The molecule has 0 unspecified atom stereocenters. The van der Waals surface area contributed by atoms with E-state index in [0.717, 1.165) is 55.4 Å². The Hall–Kier alpha value is -3.02. The average Bonchev–Trinajstić information content (AvgIpc) is 2.99. The van der Waals surface area contributed by atoms with Gasteiger partial charge < -0.3 is 9.47 Å². The maximum absolute atomic E-state index is 15.2. The molecule has 0 saturated heterocycles. The summed E-state index contributed by atoms with van der Waals surface area (Å²) < 4.78 is 70.3. The topological polar surface area (TPSA) is 18.5 Å². The lowest BCUT2D eigenvalue weighted by Gasteiger charge is -2.20. The van der Waals surface area contributed by atoms with Crippen molar-refractivity contribution < 1.29 is 27.0 Å². The van der Waals surface area contributed by atoms with Crippen LogP contribution in [0.3, 0.4) is 0 Å². The number of rotatable bonds is 21. The second-order valence-electron chi connectivity index (χ2n) is 11.5. The molecule has 2 nitrogen and oxygen atoms in total. The standard InChI is InChI=1S/C37H48F4O2/c1-3-5-7-9-11-13-15-17-29-19-23-31(24-20-29)42-34-28-27-33(38)35(36(34)39)37(40,41)43-32-25-21-30(22-26-32)18-16-14-12-10-8-6-4-2/h19-28H,3-18H2,1-2H3. The average molecular weight is 601 g/mol. The van der Waals surface area contributed by atoms with Crippen molar-refractivity contribution in [1.29, 1.82) is 0 Å². The van der Waals surface area contributed by atoms with E-state index in [-0.39, 0.29) is 11.5 Å². The molecule has 0 aliphatic rings. The minimum Gasteiger partial charge on any atom is -0.454 e. The number of unbranched alkanes of at least 4 members (excludes halogenated alkanes) is 12. The van der Waals surface area contributed by atoms with E-state index in [1.54, 1.807) is 24.3 Å². The summed E-state index contributed by atoms with van der Waals surface area (Å²) in [7, 11) is 0. The summed E-state index contributed by atoms with van der Waals surface area (Å²) in [6.45, 7) is 4.40. The summed E-state index contributed by atoms with van der Waals surface area (Å²) in [6.07, 6.45) is 14.4. The molecule has 0 aliphatic carbocycles. The van der Waals surface area contributed by atoms with E-state index in [1.165, 1.54) is 82.8 Å². The van der Waals surface area contributed by atoms with Crippen LogP contribution in [0.1, 0.15) is 120 Å². The van der Waals surface area contributed by atoms with Crippen LogP contribution in [0.2, 0.25) is 0 Å². The van der Waals surface area contributed by atoms with Crippen LogP contribution in [0.15, 0.2) is 60.7 Å². The predicted molar refractivity (Wildman–Crippen MR) is 167 cm³/mol. The van der Waals surface area contributed by atoms with E-state index >= 15 is 13.2 Å². The van der Waals surface area contributed by atoms with Gasteiger partial charge >= 0.3 is 6.11 Å². The highest BCUT2D eigenvalue weighted by molar-refractivity contribution is 5.39. The Balaban J connectivity index is 1.54. The fraction of sp³-hybridized carbons (Fsp3) is 0.514. The van der Waals surface area contributed by atoms with E-state index in [2.05, 4.69) is 13.8 Å².